The molecule has 0 spiro atoms. The summed E-state index contributed by atoms with van der Waals surface area (Å²) in [5.41, 5.74) is 2.68. The predicted molar refractivity (Wildman–Crippen MR) is 113 cm³/mol. The number of carbonyl (C=O) groups is 2. The summed E-state index contributed by atoms with van der Waals surface area (Å²) in [7, 11) is 0. The molecule has 5 rings (SSSR count). The molecule has 166 valence electrons. The minimum absolute atomic E-state index is 0.0516. The highest BCUT2D eigenvalue weighted by Crippen LogP contribution is 2.36. The smallest absolute Gasteiger partial charge is 0.340 e. The third-order valence-electron chi connectivity index (χ3n) is 5.41. The largest absolute Gasteiger partial charge is 0.478 e. The SMILES string of the molecule is O=C(Cc1ccc2c(c1)OCO2)NCC1Cc2c(sc(Nn3c(=O)c3=O)c2C(=O)O)CN1. The molecule has 1 aromatic carbocycles. The van der Waals surface area contributed by atoms with Gasteiger partial charge in [0.15, 0.2) is 11.5 Å². The van der Waals surface area contributed by atoms with Gasteiger partial charge in [-0.05, 0) is 29.7 Å². The molecule has 3 aromatic rings. The van der Waals surface area contributed by atoms with Crippen molar-refractivity contribution in [1.82, 2.24) is 15.3 Å². The molecular formula is C20H18N4O7S. The van der Waals surface area contributed by atoms with Gasteiger partial charge in [0.2, 0.25) is 12.7 Å². The third-order valence-corrected chi connectivity index (χ3v) is 6.54. The molecule has 0 saturated carbocycles. The summed E-state index contributed by atoms with van der Waals surface area (Å²) >= 11 is 1.19. The van der Waals surface area contributed by atoms with Crippen LogP contribution in [0.15, 0.2) is 27.8 Å². The monoisotopic (exact) mass is 458 g/mol. The molecule has 32 heavy (non-hydrogen) atoms. The lowest BCUT2D eigenvalue weighted by Crippen LogP contribution is -2.44. The lowest BCUT2D eigenvalue weighted by atomic mass is 9.98. The van der Waals surface area contributed by atoms with Gasteiger partial charge in [0.25, 0.3) is 0 Å². The number of aromatic carboxylic acids is 1. The van der Waals surface area contributed by atoms with Crippen molar-refractivity contribution in [2.75, 3.05) is 18.8 Å². The number of hydrogen-bond acceptors (Lipinski definition) is 9. The normalized spacial score (nSPS) is 16.7. The van der Waals surface area contributed by atoms with Gasteiger partial charge in [0.1, 0.15) is 5.00 Å². The van der Waals surface area contributed by atoms with Crippen molar-refractivity contribution in [2.45, 2.75) is 25.4 Å². The lowest BCUT2D eigenvalue weighted by molar-refractivity contribution is -0.120. The second kappa shape index (κ2) is 7.80. The van der Waals surface area contributed by atoms with Crippen molar-refractivity contribution in [3.8, 4) is 11.5 Å². The quantitative estimate of drug-likeness (QED) is 0.354. The molecule has 0 fully saturated rings. The van der Waals surface area contributed by atoms with Crippen LogP contribution in [0.2, 0.25) is 0 Å². The Morgan fingerprint density at radius 2 is 2.00 bits per heavy atom. The van der Waals surface area contributed by atoms with Crippen LogP contribution in [0.1, 0.15) is 26.4 Å². The number of carboxylic acids is 1. The van der Waals surface area contributed by atoms with Crippen LogP contribution >= 0.6 is 11.3 Å². The zero-order chi connectivity index (χ0) is 22.4. The number of hydrogen-bond donors (Lipinski definition) is 4. The molecule has 12 heteroatoms. The summed E-state index contributed by atoms with van der Waals surface area (Å²) in [5, 5.41) is 16.1. The van der Waals surface area contributed by atoms with Gasteiger partial charge >= 0.3 is 17.1 Å². The summed E-state index contributed by atoms with van der Waals surface area (Å²) in [6, 6.07) is 5.19. The molecular weight excluding hydrogens is 440 g/mol. The summed E-state index contributed by atoms with van der Waals surface area (Å²) in [4.78, 5) is 47.5. The van der Waals surface area contributed by atoms with Crippen LogP contribution in [0, 0.1) is 0 Å². The Balaban J connectivity index is 1.22. The van der Waals surface area contributed by atoms with Gasteiger partial charge in [0.05, 0.1) is 12.0 Å². The summed E-state index contributed by atoms with van der Waals surface area (Å²) in [6.45, 7) is 0.916. The number of nitrogens with zero attached hydrogens (tertiary/aromatic N) is 1. The summed E-state index contributed by atoms with van der Waals surface area (Å²) < 4.78 is 11.4. The maximum absolute atomic E-state index is 12.4. The van der Waals surface area contributed by atoms with E-state index < -0.39 is 17.1 Å². The fraction of sp³-hybridized carbons (Fsp3) is 0.300. The fourth-order valence-electron chi connectivity index (χ4n) is 3.75. The zero-order valence-corrected chi connectivity index (χ0v) is 17.4. The van der Waals surface area contributed by atoms with Crippen molar-refractivity contribution in [3.05, 3.63) is 60.5 Å². The molecule has 1 atom stereocenters. The molecule has 1 unspecified atom stereocenters. The van der Waals surface area contributed by atoms with Gasteiger partial charge in [0, 0.05) is 24.0 Å². The van der Waals surface area contributed by atoms with Crippen LogP contribution in [0.5, 0.6) is 11.5 Å². The molecule has 2 aliphatic heterocycles. The molecule has 0 saturated heterocycles. The topological polar surface area (TPSA) is 148 Å². The van der Waals surface area contributed by atoms with Crippen molar-refractivity contribution >= 4 is 28.2 Å². The van der Waals surface area contributed by atoms with Gasteiger partial charge in [-0.2, -0.15) is 4.68 Å². The number of aromatic nitrogens is 1. The maximum Gasteiger partial charge on any atom is 0.340 e. The fourth-order valence-corrected chi connectivity index (χ4v) is 4.91. The van der Waals surface area contributed by atoms with Gasteiger partial charge in [-0.25, -0.2) is 4.79 Å². The van der Waals surface area contributed by atoms with E-state index in [-0.39, 0.29) is 35.7 Å². The zero-order valence-electron chi connectivity index (χ0n) is 16.6. The molecule has 0 aliphatic carbocycles. The number of nitrogens with one attached hydrogen (secondary N) is 3. The van der Waals surface area contributed by atoms with Crippen LogP contribution < -0.4 is 36.7 Å². The van der Waals surface area contributed by atoms with E-state index in [9.17, 15) is 24.3 Å². The Morgan fingerprint density at radius 3 is 2.75 bits per heavy atom. The van der Waals surface area contributed by atoms with Crippen molar-refractivity contribution in [2.24, 2.45) is 0 Å². The Labute approximate surface area is 184 Å². The van der Waals surface area contributed by atoms with Crippen LogP contribution in [0.3, 0.4) is 0 Å². The van der Waals surface area contributed by atoms with E-state index in [2.05, 4.69) is 16.1 Å². The first-order valence-electron chi connectivity index (χ1n) is 9.82. The van der Waals surface area contributed by atoms with Gasteiger partial charge in [-0.1, -0.05) is 6.07 Å². The molecule has 2 aliphatic rings. The lowest BCUT2D eigenvalue weighted by Gasteiger charge is -2.24. The van der Waals surface area contributed by atoms with Crippen molar-refractivity contribution in [1.29, 1.82) is 0 Å². The third kappa shape index (κ3) is 3.74. The highest BCUT2D eigenvalue weighted by molar-refractivity contribution is 7.16. The highest BCUT2D eigenvalue weighted by atomic mass is 32.1. The Hall–Kier alpha value is -3.64. The number of benzene rings is 1. The van der Waals surface area contributed by atoms with Crippen LogP contribution in [-0.2, 0) is 24.2 Å². The average molecular weight is 458 g/mol. The first-order valence-corrected chi connectivity index (χ1v) is 10.6. The Kier molecular flexibility index (Phi) is 4.94. The number of carboxylic acid groups (broad SMARTS) is 1. The van der Waals surface area contributed by atoms with E-state index in [0.717, 1.165) is 15.1 Å². The standard InChI is InChI=1S/C20H18N4O7S/c25-15(4-9-1-2-12-13(3-9)31-8-30-12)22-6-10-5-11-14(7-21-10)32-17(16(11)20(28)29)23-24-18(26)19(24)27/h1-3,10,21,23H,4-8H2,(H,22,25)(H,28,29). The van der Waals surface area contributed by atoms with E-state index in [1.165, 1.54) is 11.3 Å². The van der Waals surface area contributed by atoms with E-state index in [4.69, 9.17) is 9.47 Å². The minimum atomic E-state index is -1.14. The first kappa shape index (κ1) is 20.3. The molecule has 4 N–H and O–H groups in total. The minimum Gasteiger partial charge on any atom is -0.478 e. The van der Waals surface area contributed by atoms with E-state index in [1.54, 1.807) is 12.1 Å². The molecule has 11 nitrogen and oxygen atoms in total. The number of ether oxygens (including phenoxy) is 2. The molecule has 0 bridgehead atoms. The second-order valence-corrected chi connectivity index (χ2v) is 8.63. The van der Waals surface area contributed by atoms with E-state index >= 15 is 0 Å². The van der Waals surface area contributed by atoms with Gasteiger partial charge in [-0.3, -0.25) is 19.8 Å². The van der Waals surface area contributed by atoms with Crippen LogP contribution in [0.25, 0.3) is 0 Å². The molecule has 1 amide bonds. The summed E-state index contributed by atoms with van der Waals surface area (Å²) in [5.74, 6) is -0.0337. The second-order valence-electron chi connectivity index (χ2n) is 7.52. The summed E-state index contributed by atoms with van der Waals surface area (Å²) in [6.07, 6.45) is 0.570. The maximum atomic E-state index is 12.4. The molecule has 4 heterocycles. The van der Waals surface area contributed by atoms with Crippen LogP contribution in [-0.4, -0.2) is 41.0 Å². The van der Waals surface area contributed by atoms with Gasteiger partial charge < -0.3 is 25.2 Å². The number of fused-ring (bicyclic) bond motifs is 2. The van der Waals surface area contributed by atoms with Crippen molar-refractivity contribution < 1.29 is 24.2 Å². The molecule has 0 radical (unpaired) electrons. The number of thiophene rings is 1. The number of rotatable bonds is 7. The highest BCUT2D eigenvalue weighted by Gasteiger charge is 2.30. The Morgan fingerprint density at radius 1 is 1.22 bits per heavy atom. The van der Waals surface area contributed by atoms with Crippen LogP contribution in [0.4, 0.5) is 5.00 Å². The average Bonchev–Trinajstić information content (AvgIpc) is 3.15. The number of carbonyl (C=O) groups excluding carboxylic acids is 1. The first-order chi connectivity index (χ1) is 15.4. The Bertz CT molecular complexity index is 1280. The van der Waals surface area contributed by atoms with E-state index in [1.807, 2.05) is 6.07 Å². The predicted octanol–water partition coefficient (Wildman–Crippen LogP) is -0.179. The molecule has 2 aromatic heterocycles. The number of amides is 1. The van der Waals surface area contributed by atoms with Crippen molar-refractivity contribution in [3.63, 3.8) is 0 Å². The van der Waals surface area contributed by atoms with E-state index in [0.29, 0.717) is 36.6 Å². The van der Waals surface area contributed by atoms with Gasteiger partial charge in [-0.15, -0.1) is 11.3 Å². The number of anilines is 1.